The van der Waals surface area contributed by atoms with E-state index in [1.807, 2.05) is 6.92 Å². The van der Waals surface area contributed by atoms with Gasteiger partial charge in [-0.05, 0) is 34.1 Å². The van der Waals surface area contributed by atoms with Crippen molar-refractivity contribution < 1.29 is 0 Å². The summed E-state index contributed by atoms with van der Waals surface area (Å²) in [5, 5.41) is 3.37. The van der Waals surface area contributed by atoms with Crippen LogP contribution in [0.3, 0.4) is 0 Å². The van der Waals surface area contributed by atoms with Gasteiger partial charge in [0.1, 0.15) is 5.82 Å². The first-order chi connectivity index (χ1) is 8.13. The third-order valence-corrected chi connectivity index (χ3v) is 2.97. The van der Waals surface area contributed by atoms with Crippen molar-refractivity contribution in [3.8, 4) is 0 Å². The van der Waals surface area contributed by atoms with Crippen molar-refractivity contribution in [2.75, 3.05) is 29.9 Å². The van der Waals surface area contributed by atoms with Crippen LogP contribution in [0, 0.1) is 13.8 Å². The van der Waals surface area contributed by atoms with E-state index in [2.05, 4.69) is 47.9 Å². The van der Waals surface area contributed by atoms with Gasteiger partial charge < -0.3 is 10.2 Å². The van der Waals surface area contributed by atoms with E-state index in [4.69, 9.17) is 0 Å². The first-order valence-electron chi connectivity index (χ1n) is 6.48. The van der Waals surface area contributed by atoms with E-state index in [1.165, 1.54) is 0 Å². The maximum atomic E-state index is 4.62. The Hall–Kier alpha value is -1.32. The third-order valence-electron chi connectivity index (χ3n) is 2.97. The van der Waals surface area contributed by atoms with Gasteiger partial charge in [-0.25, -0.2) is 4.98 Å². The van der Waals surface area contributed by atoms with Crippen molar-refractivity contribution in [2.45, 2.75) is 41.0 Å². The Labute approximate surface area is 104 Å². The zero-order chi connectivity index (χ0) is 12.8. The molecule has 0 aliphatic carbocycles. The molecule has 1 heterocycles. The molecular weight excluding hydrogens is 212 g/mol. The average molecular weight is 236 g/mol. The van der Waals surface area contributed by atoms with Crippen LogP contribution in [0.15, 0.2) is 0 Å². The van der Waals surface area contributed by atoms with Crippen LogP contribution >= 0.6 is 0 Å². The summed E-state index contributed by atoms with van der Waals surface area (Å²) < 4.78 is 0. The van der Waals surface area contributed by atoms with Gasteiger partial charge in [-0.3, -0.25) is 0 Å². The Morgan fingerprint density at radius 3 is 2.24 bits per heavy atom. The van der Waals surface area contributed by atoms with Crippen LogP contribution in [0.2, 0.25) is 0 Å². The van der Waals surface area contributed by atoms with E-state index >= 15 is 0 Å². The van der Waals surface area contributed by atoms with Gasteiger partial charge in [0.05, 0.1) is 0 Å². The average Bonchev–Trinajstić information content (AvgIpc) is 2.33. The molecule has 0 unspecified atom stereocenters. The lowest BCUT2D eigenvalue weighted by atomic mass is 10.2. The molecule has 4 nitrogen and oxygen atoms in total. The minimum absolute atomic E-state index is 0.830. The van der Waals surface area contributed by atoms with Crippen LogP contribution in [0.4, 0.5) is 11.8 Å². The van der Waals surface area contributed by atoms with Crippen molar-refractivity contribution in [3.05, 3.63) is 11.3 Å². The Morgan fingerprint density at radius 1 is 1.06 bits per heavy atom. The van der Waals surface area contributed by atoms with E-state index in [0.717, 1.165) is 49.1 Å². The quantitative estimate of drug-likeness (QED) is 0.824. The maximum Gasteiger partial charge on any atom is 0.227 e. The molecule has 0 aromatic carbocycles. The molecule has 4 heteroatoms. The van der Waals surface area contributed by atoms with Crippen LogP contribution in [-0.2, 0) is 0 Å². The molecule has 0 aliphatic heterocycles. The molecule has 0 aliphatic rings. The number of rotatable bonds is 6. The molecule has 0 radical (unpaired) electrons. The predicted molar refractivity (Wildman–Crippen MR) is 73.8 cm³/mol. The molecule has 0 spiro atoms. The van der Waals surface area contributed by atoms with Crippen LogP contribution < -0.4 is 10.2 Å². The summed E-state index contributed by atoms with van der Waals surface area (Å²) in [6.45, 7) is 13.3. The van der Waals surface area contributed by atoms with Crippen molar-refractivity contribution in [2.24, 2.45) is 0 Å². The number of aryl methyl sites for hydroxylation is 1. The molecule has 1 aromatic heterocycles. The SMILES string of the molecule is CCCNc1nc(N(CC)CC)nc(C)c1C. The number of nitrogens with one attached hydrogen (secondary N) is 1. The second-order valence-electron chi connectivity index (χ2n) is 4.18. The van der Waals surface area contributed by atoms with Crippen molar-refractivity contribution >= 4 is 11.8 Å². The summed E-state index contributed by atoms with van der Waals surface area (Å²) in [5.74, 6) is 1.80. The van der Waals surface area contributed by atoms with Gasteiger partial charge in [0.15, 0.2) is 0 Å². The van der Waals surface area contributed by atoms with E-state index in [9.17, 15) is 0 Å². The highest BCUT2D eigenvalue weighted by Gasteiger charge is 2.11. The first-order valence-corrected chi connectivity index (χ1v) is 6.48. The highest BCUT2D eigenvalue weighted by molar-refractivity contribution is 5.50. The fraction of sp³-hybridized carbons (Fsp3) is 0.692. The highest BCUT2D eigenvalue weighted by Crippen LogP contribution is 2.19. The Kier molecular flexibility index (Phi) is 5.19. The van der Waals surface area contributed by atoms with E-state index in [1.54, 1.807) is 0 Å². The lowest BCUT2D eigenvalue weighted by Gasteiger charge is -2.21. The molecular formula is C13H24N4. The Morgan fingerprint density at radius 2 is 1.71 bits per heavy atom. The summed E-state index contributed by atoms with van der Waals surface area (Å²) in [6, 6.07) is 0. The van der Waals surface area contributed by atoms with Crippen molar-refractivity contribution in [1.29, 1.82) is 0 Å². The zero-order valence-corrected chi connectivity index (χ0v) is 11.7. The number of hydrogen-bond donors (Lipinski definition) is 1. The monoisotopic (exact) mass is 236 g/mol. The van der Waals surface area contributed by atoms with E-state index < -0.39 is 0 Å². The molecule has 0 bridgehead atoms. The van der Waals surface area contributed by atoms with Gasteiger partial charge >= 0.3 is 0 Å². The molecule has 0 fully saturated rings. The van der Waals surface area contributed by atoms with Gasteiger partial charge in [0, 0.05) is 30.9 Å². The number of anilines is 2. The van der Waals surface area contributed by atoms with Gasteiger partial charge in [0.2, 0.25) is 5.95 Å². The largest absolute Gasteiger partial charge is 0.370 e. The van der Waals surface area contributed by atoms with Crippen LogP contribution in [0.25, 0.3) is 0 Å². The Balaban J connectivity index is 3.04. The fourth-order valence-corrected chi connectivity index (χ4v) is 1.68. The van der Waals surface area contributed by atoms with Gasteiger partial charge in [-0.2, -0.15) is 4.98 Å². The molecule has 17 heavy (non-hydrogen) atoms. The molecule has 96 valence electrons. The molecule has 0 atom stereocenters. The topological polar surface area (TPSA) is 41.1 Å². The molecule has 0 saturated heterocycles. The maximum absolute atomic E-state index is 4.62. The van der Waals surface area contributed by atoms with Crippen LogP contribution in [-0.4, -0.2) is 29.6 Å². The summed E-state index contributed by atoms with van der Waals surface area (Å²) in [6.07, 6.45) is 1.10. The number of hydrogen-bond acceptors (Lipinski definition) is 4. The standard InChI is InChI=1S/C13H24N4/c1-6-9-14-12-10(4)11(5)15-13(16-12)17(7-2)8-3/h6-9H2,1-5H3,(H,14,15,16). The lowest BCUT2D eigenvalue weighted by Crippen LogP contribution is -2.25. The molecule has 1 rings (SSSR count). The third kappa shape index (κ3) is 3.32. The van der Waals surface area contributed by atoms with E-state index in [-0.39, 0.29) is 0 Å². The molecule has 0 saturated carbocycles. The van der Waals surface area contributed by atoms with Crippen LogP contribution in [0.5, 0.6) is 0 Å². The van der Waals surface area contributed by atoms with Gasteiger partial charge in [0.25, 0.3) is 0 Å². The molecule has 1 aromatic rings. The second-order valence-corrected chi connectivity index (χ2v) is 4.18. The van der Waals surface area contributed by atoms with Crippen molar-refractivity contribution in [3.63, 3.8) is 0 Å². The van der Waals surface area contributed by atoms with Gasteiger partial charge in [-0.1, -0.05) is 6.92 Å². The number of nitrogens with zero attached hydrogens (tertiary/aromatic N) is 3. The zero-order valence-electron chi connectivity index (χ0n) is 11.7. The minimum atomic E-state index is 0.830. The van der Waals surface area contributed by atoms with Gasteiger partial charge in [-0.15, -0.1) is 0 Å². The summed E-state index contributed by atoms with van der Waals surface area (Å²) >= 11 is 0. The molecule has 1 N–H and O–H groups in total. The second kappa shape index (κ2) is 6.42. The highest BCUT2D eigenvalue weighted by atomic mass is 15.3. The lowest BCUT2D eigenvalue weighted by molar-refractivity contribution is 0.812. The smallest absolute Gasteiger partial charge is 0.227 e. The Bertz CT molecular complexity index is 359. The molecule has 0 amide bonds. The summed E-state index contributed by atoms with van der Waals surface area (Å²) in [4.78, 5) is 11.3. The summed E-state index contributed by atoms with van der Waals surface area (Å²) in [5.41, 5.74) is 2.20. The predicted octanol–water partition coefficient (Wildman–Crippen LogP) is 2.76. The minimum Gasteiger partial charge on any atom is -0.370 e. The normalized spacial score (nSPS) is 10.4. The first kappa shape index (κ1) is 13.7. The van der Waals surface area contributed by atoms with Crippen LogP contribution in [0.1, 0.15) is 38.4 Å². The number of aromatic nitrogens is 2. The fourth-order valence-electron chi connectivity index (χ4n) is 1.68. The summed E-state index contributed by atoms with van der Waals surface area (Å²) in [7, 11) is 0. The van der Waals surface area contributed by atoms with Crippen molar-refractivity contribution in [1.82, 2.24) is 9.97 Å². The van der Waals surface area contributed by atoms with E-state index in [0.29, 0.717) is 0 Å².